The highest BCUT2D eigenvalue weighted by Crippen LogP contribution is 2.40. The summed E-state index contributed by atoms with van der Waals surface area (Å²) in [4.78, 5) is 28.7. The van der Waals surface area contributed by atoms with E-state index in [9.17, 15) is 18.4 Å². The minimum absolute atomic E-state index is 0.0130. The molecule has 3 rings (SSSR count). The van der Waals surface area contributed by atoms with Gasteiger partial charge in [-0.05, 0) is 23.7 Å². The van der Waals surface area contributed by atoms with Crippen molar-refractivity contribution in [1.29, 1.82) is 0 Å². The Balaban J connectivity index is 2.71. The summed E-state index contributed by atoms with van der Waals surface area (Å²) < 4.78 is 35.1. The lowest BCUT2D eigenvalue weighted by Gasteiger charge is -2.16. The first-order valence-electron chi connectivity index (χ1n) is 6.81. The van der Waals surface area contributed by atoms with Crippen LogP contribution in [0.3, 0.4) is 0 Å². The van der Waals surface area contributed by atoms with Gasteiger partial charge in [0.05, 0.1) is 23.6 Å². The first-order valence-corrected chi connectivity index (χ1v) is 7.19. The molecule has 2 aromatic heterocycles. The van der Waals surface area contributed by atoms with Gasteiger partial charge < -0.3 is 4.74 Å². The van der Waals surface area contributed by atoms with Gasteiger partial charge in [-0.1, -0.05) is 0 Å². The average molecular weight is 356 g/mol. The number of aromatic nitrogens is 3. The predicted octanol–water partition coefficient (Wildman–Crippen LogP) is 2.08. The van der Waals surface area contributed by atoms with Crippen LogP contribution in [0.25, 0.3) is 21.9 Å². The molecule has 0 aliphatic heterocycles. The van der Waals surface area contributed by atoms with E-state index in [1.165, 1.54) is 39.4 Å². The number of pyridine rings is 1. The number of halogens is 3. The largest absolute Gasteiger partial charge is 0.497 e. The number of methoxy groups -OCH3 is 1. The zero-order valence-corrected chi connectivity index (χ0v) is 13.7. The second-order valence-electron chi connectivity index (χ2n) is 5.27. The zero-order chi connectivity index (χ0) is 17.8. The first kappa shape index (κ1) is 16.4. The molecule has 0 unspecified atom stereocenters. The molecule has 24 heavy (non-hydrogen) atoms. The van der Waals surface area contributed by atoms with E-state index in [4.69, 9.17) is 16.3 Å². The van der Waals surface area contributed by atoms with E-state index in [1.54, 1.807) is 0 Å². The fourth-order valence-electron chi connectivity index (χ4n) is 2.67. The van der Waals surface area contributed by atoms with E-state index < -0.39 is 27.6 Å². The minimum atomic E-state index is -3.82. The molecule has 1 aromatic carbocycles. The average Bonchev–Trinajstić information content (AvgIpc) is 2.54. The molecule has 9 heteroatoms. The number of fused-ring (bicyclic) bond motifs is 2. The van der Waals surface area contributed by atoms with Crippen molar-refractivity contribution >= 4 is 33.5 Å². The summed E-state index contributed by atoms with van der Waals surface area (Å²) in [6.07, 6.45) is 0. The molecule has 0 amide bonds. The van der Waals surface area contributed by atoms with Gasteiger partial charge in [0.15, 0.2) is 5.65 Å². The van der Waals surface area contributed by atoms with E-state index in [-0.39, 0.29) is 16.6 Å². The van der Waals surface area contributed by atoms with Crippen molar-refractivity contribution in [2.45, 2.75) is 5.38 Å². The highest BCUT2D eigenvalue weighted by atomic mass is 35.5. The summed E-state index contributed by atoms with van der Waals surface area (Å²) in [6, 6.07) is 4.26. The Kier molecular flexibility index (Phi) is 3.60. The maximum absolute atomic E-state index is 14.1. The molecule has 6 nitrogen and oxygen atoms in total. The molecule has 0 aliphatic rings. The summed E-state index contributed by atoms with van der Waals surface area (Å²) in [5.41, 5.74) is -2.26. The third-order valence-corrected chi connectivity index (χ3v) is 4.06. The molecule has 3 aromatic rings. The van der Waals surface area contributed by atoms with Crippen LogP contribution < -0.4 is 16.0 Å². The van der Waals surface area contributed by atoms with Gasteiger partial charge in [0.2, 0.25) is 0 Å². The highest BCUT2D eigenvalue weighted by Gasteiger charge is 2.35. The van der Waals surface area contributed by atoms with Crippen LogP contribution in [-0.4, -0.2) is 21.2 Å². The van der Waals surface area contributed by atoms with E-state index in [0.717, 1.165) is 9.13 Å². The fraction of sp³-hybridized carbons (Fsp3) is 0.267. The number of nitrogens with zero attached hydrogens (tertiary/aromatic N) is 3. The summed E-state index contributed by atoms with van der Waals surface area (Å²) in [7, 11) is 3.97. The summed E-state index contributed by atoms with van der Waals surface area (Å²) in [5, 5.41) is -4.20. The molecule has 0 radical (unpaired) electrons. The summed E-state index contributed by atoms with van der Waals surface area (Å²) >= 11 is 5.28. The molecule has 0 atom stereocenters. The Morgan fingerprint density at radius 1 is 1.21 bits per heavy atom. The second-order valence-corrected chi connectivity index (χ2v) is 5.75. The van der Waals surface area contributed by atoms with Crippen molar-refractivity contribution in [3.05, 3.63) is 44.6 Å². The second kappa shape index (κ2) is 5.27. The molecule has 0 fully saturated rings. The van der Waals surface area contributed by atoms with Crippen LogP contribution in [0.2, 0.25) is 0 Å². The lowest BCUT2D eigenvalue weighted by molar-refractivity contribution is 0.0983. The number of hydrogen-bond donors (Lipinski definition) is 0. The Morgan fingerprint density at radius 3 is 2.46 bits per heavy atom. The van der Waals surface area contributed by atoms with Gasteiger partial charge in [-0.15, -0.1) is 0 Å². The summed E-state index contributed by atoms with van der Waals surface area (Å²) in [5.74, 6) is 0.395. The topological polar surface area (TPSA) is 66.1 Å². The Bertz CT molecular complexity index is 1100. The number of hydrogen-bond acceptors (Lipinski definition) is 4. The van der Waals surface area contributed by atoms with Crippen LogP contribution in [0.5, 0.6) is 5.75 Å². The number of rotatable bonds is 2. The number of aryl methyl sites for hydroxylation is 1. The monoisotopic (exact) mass is 355 g/mol. The third kappa shape index (κ3) is 2.25. The van der Waals surface area contributed by atoms with Crippen molar-refractivity contribution in [3.63, 3.8) is 0 Å². The van der Waals surface area contributed by atoms with Crippen molar-refractivity contribution < 1.29 is 13.5 Å². The zero-order valence-electron chi connectivity index (χ0n) is 12.9. The van der Waals surface area contributed by atoms with Gasteiger partial charge >= 0.3 is 11.1 Å². The maximum atomic E-state index is 14.1. The van der Waals surface area contributed by atoms with Crippen molar-refractivity contribution in [1.82, 2.24) is 14.1 Å². The van der Waals surface area contributed by atoms with Gasteiger partial charge in [-0.25, -0.2) is 9.78 Å². The molecule has 0 spiro atoms. The molecule has 0 saturated carbocycles. The lowest BCUT2D eigenvalue weighted by Crippen LogP contribution is -2.38. The molecule has 0 bridgehead atoms. The van der Waals surface area contributed by atoms with Crippen LogP contribution >= 0.6 is 11.6 Å². The van der Waals surface area contributed by atoms with Crippen LogP contribution in [0.15, 0.2) is 27.8 Å². The van der Waals surface area contributed by atoms with Gasteiger partial charge in [0, 0.05) is 25.5 Å². The number of benzene rings is 1. The molecular formula is C15H12ClF2N3O3. The molecular weight excluding hydrogens is 344 g/mol. The Hall–Kier alpha value is -2.48. The van der Waals surface area contributed by atoms with Gasteiger partial charge in [0.1, 0.15) is 5.75 Å². The van der Waals surface area contributed by atoms with Crippen LogP contribution in [-0.2, 0) is 19.5 Å². The van der Waals surface area contributed by atoms with Crippen molar-refractivity contribution in [2.24, 2.45) is 14.1 Å². The van der Waals surface area contributed by atoms with E-state index >= 15 is 0 Å². The molecule has 2 heterocycles. The van der Waals surface area contributed by atoms with Crippen LogP contribution in [0.4, 0.5) is 8.78 Å². The number of ether oxygens (including phenoxy) is 1. The summed E-state index contributed by atoms with van der Waals surface area (Å²) in [6.45, 7) is 0. The minimum Gasteiger partial charge on any atom is -0.497 e. The smallest absolute Gasteiger partial charge is 0.349 e. The Labute approximate surface area is 138 Å². The third-order valence-electron chi connectivity index (χ3n) is 3.87. The van der Waals surface area contributed by atoms with E-state index in [1.807, 2.05) is 0 Å². The van der Waals surface area contributed by atoms with Crippen LogP contribution in [0, 0.1) is 0 Å². The first-order chi connectivity index (χ1) is 11.2. The van der Waals surface area contributed by atoms with E-state index in [2.05, 4.69) is 4.98 Å². The predicted molar refractivity (Wildman–Crippen MR) is 86.0 cm³/mol. The molecule has 0 aliphatic carbocycles. The maximum Gasteiger partial charge on any atom is 0.349 e. The fourth-order valence-corrected chi connectivity index (χ4v) is 2.86. The molecule has 126 valence electrons. The lowest BCUT2D eigenvalue weighted by atomic mass is 10.0. The van der Waals surface area contributed by atoms with E-state index in [0.29, 0.717) is 5.75 Å². The quantitative estimate of drug-likeness (QED) is 0.521. The van der Waals surface area contributed by atoms with Gasteiger partial charge in [-0.3, -0.25) is 13.9 Å². The highest BCUT2D eigenvalue weighted by molar-refractivity contribution is 6.24. The molecule has 0 saturated heterocycles. The van der Waals surface area contributed by atoms with Gasteiger partial charge in [0.25, 0.3) is 5.56 Å². The standard InChI is InChI=1S/C15H12ClF2N3O3/c1-20-12-10(13(22)21(2)14(20)23)11(15(16,17)18)8-5-4-7(24-3)6-9(8)19-12/h4-6H,1-3H3. The Morgan fingerprint density at radius 2 is 1.88 bits per heavy atom. The SMILES string of the molecule is COc1ccc2c(C(F)(F)Cl)c3c(=O)n(C)c(=O)n(C)c3nc2c1. The van der Waals surface area contributed by atoms with Crippen molar-refractivity contribution in [2.75, 3.05) is 7.11 Å². The van der Waals surface area contributed by atoms with Crippen LogP contribution in [0.1, 0.15) is 5.56 Å². The normalized spacial score (nSPS) is 12.1. The molecule has 0 N–H and O–H groups in total. The number of alkyl halides is 3. The van der Waals surface area contributed by atoms with Gasteiger partial charge in [-0.2, -0.15) is 8.78 Å². The van der Waals surface area contributed by atoms with Crippen molar-refractivity contribution in [3.8, 4) is 5.75 Å².